The molecule has 102 valence electrons. The van der Waals surface area contributed by atoms with Gasteiger partial charge in [0, 0.05) is 37.8 Å². The molecule has 5 nitrogen and oxygen atoms in total. The standard InChI is InChI=1S/C13H23N3O2/c1-11(2)16(7-5-6-13(17)18-4)10-12-8-14-15(3)9-12/h8-9,11H,5-7,10H2,1-4H3. The zero-order valence-corrected chi connectivity index (χ0v) is 11.7. The van der Waals surface area contributed by atoms with Crippen LogP contribution in [0.3, 0.4) is 0 Å². The summed E-state index contributed by atoms with van der Waals surface area (Å²) in [5.41, 5.74) is 1.20. The Kier molecular flexibility index (Phi) is 5.85. The Hall–Kier alpha value is -1.36. The minimum absolute atomic E-state index is 0.139. The second-order valence-electron chi connectivity index (χ2n) is 4.77. The number of methoxy groups -OCH3 is 1. The van der Waals surface area contributed by atoms with E-state index in [0.717, 1.165) is 19.5 Å². The highest BCUT2D eigenvalue weighted by atomic mass is 16.5. The molecule has 0 saturated carbocycles. The highest BCUT2D eigenvalue weighted by molar-refractivity contribution is 5.69. The van der Waals surface area contributed by atoms with Gasteiger partial charge in [-0.05, 0) is 26.8 Å². The van der Waals surface area contributed by atoms with Crippen molar-refractivity contribution in [2.75, 3.05) is 13.7 Å². The van der Waals surface area contributed by atoms with E-state index in [1.54, 1.807) is 0 Å². The van der Waals surface area contributed by atoms with E-state index in [-0.39, 0.29) is 5.97 Å². The number of esters is 1. The van der Waals surface area contributed by atoms with Crippen molar-refractivity contribution in [3.8, 4) is 0 Å². The van der Waals surface area contributed by atoms with Crippen molar-refractivity contribution in [1.82, 2.24) is 14.7 Å². The monoisotopic (exact) mass is 253 g/mol. The average molecular weight is 253 g/mol. The molecule has 1 heterocycles. The third kappa shape index (κ3) is 4.87. The van der Waals surface area contributed by atoms with E-state index in [2.05, 4.69) is 28.6 Å². The third-order valence-corrected chi connectivity index (χ3v) is 2.93. The van der Waals surface area contributed by atoms with Crippen molar-refractivity contribution in [3.05, 3.63) is 18.0 Å². The predicted molar refractivity (Wildman–Crippen MR) is 70.0 cm³/mol. The zero-order chi connectivity index (χ0) is 13.5. The fourth-order valence-corrected chi connectivity index (χ4v) is 1.84. The van der Waals surface area contributed by atoms with Crippen LogP contribution < -0.4 is 0 Å². The number of hydrogen-bond donors (Lipinski definition) is 0. The van der Waals surface area contributed by atoms with Crippen molar-refractivity contribution in [2.45, 2.75) is 39.3 Å². The summed E-state index contributed by atoms with van der Waals surface area (Å²) >= 11 is 0. The first-order chi connectivity index (χ1) is 8.52. The van der Waals surface area contributed by atoms with Crippen molar-refractivity contribution in [3.63, 3.8) is 0 Å². The SMILES string of the molecule is COC(=O)CCCN(Cc1cnn(C)c1)C(C)C. The van der Waals surface area contributed by atoms with Gasteiger partial charge in [-0.3, -0.25) is 14.4 Å². The van der Waals surface area contributed by atoms with Crippen LogP contribution in [0, 0.1) is 0 Å². The largest absolute Gasteiger partial charge is 0.469 e. The number of carbonyl (C=O) groups is 1. The first-order valence-corrected chi connectivity index (χ1v) is 6.31. The molecule has 1 rings (SSSR count). The van der Waals surface area contributed by atoms with Gasteiger partial charge in [0.1, 0.15) is 0 Å². The minimum atomic E-state index is -0.139. The van der Waals surface area contributed by atoms with Gasteiger partial charge in [-0.15, -0.1) is 0 Å². The van der Waals surface area contributed by atoms with Crippen LogP contribution in [0.1, 0.15) is 32.3 Å². The molecule has 0 fully saturated rings. The molecule has 0 atom stereocenters. The Morgan fingerprint density at radius 3 is 2.78 bits per heavy atom. The number of nitrogens with zero attached hydrogens (tertiary/aromatic N) is 3. The fraction of sp³-hybridized carbons (Fsp3) is 0.692. The molecule has 0 saturated heterocycles. The number of rotatable bonds is 7. The molecule has 1 aromatic heterocycles. The second kappa shape index (κ2) is 7.16. The molecule has 0 unspecified atom stereocenters. The van der Waals surface area contributed by atoms with Gasteiger partial charge in [0.2, 0.25) is 0 Å². The quantitative estimate of drug-likeness (QED) is 0.692. The lowest BCUT2D eigenvalue weighted by atomic mass is 10.2. The summed E-state index contributed by atoms with van der Waals surface area (Å²) in [7, 11) is 3.35. The second-order valence-corrected chi connectivity index (χ2v) is 4.77. The van der Waals surface area contributed by atoms with Gasteiger partial charge in [-0.2, -0.15) is 5.10 Å². The summed E-state index contributed by atoms with van der Waals surface area (Å²) in [6.07, 6.45) is 5.21. The van der Waals surface area contributed by atoms with Crippen molar-refractivity contribution < 1.29 is 9.53 Å². The molecular formula is C13H23N3O2. The van der Waals surface area contributed by atoms with E-state index in [0.29, 0.717) is 12.5 Å². The predicted octanol–water partition coefficient (Wildman–Crippen LogP) is 1.58. The molecule has 0 aromatic carbocycles. The number of ether oxygens (including phenoxy) is 1. The van der Waals surface area contributed by atoms with E-state index < -0.39 is 0 Å². The summed E-state index contributed by atoms with van der Waals surface area (Å²) in [6.45, 7) is 6.08. The van der Waals surface area contributed by atoms with Gasteiger partial charge in [-0.25, -0.2) is 0 Å². The Balaban J connectivity index is 2.42. The molecule has 0 aliphatic rings. The van der Waals surface area contributed by atoms with Crippen LogP contribution in [-0.2, 0) is 23.1 Å². The average Bonchev–Trinajstić information content (AvgIpc) is 2.73. The van der Waals surface area contributed by atoms with Crippen LogP contribution in [0.15, 0.2) is 12.4 Å². The van der Waals surface area contributed by atoms with E-state index >= 15 is 0 Å². The highest BCUT2D eigenvalue weighted by Crippen LogP contribution is 2.09. The van der Waals surface area contributed by atoms with Gasteiger partial charge in [0.15, 0.2) is 0 Å². The zero-order valence-electron chi connectivity index (χ0n) is 11.7. The lowest BCUT2D eigenvalue weighted by molar-refractivity contribution is -0.140. The first-order valence-electron chi connectivity index (χ1n) is 6.31. The van der Waals surface area contributed by atoms with Gasteiger partial charge in [-0.1, -0.05) is 0 Å². The molecule has 0 bridgehead atoms. The summed E-state index contributed by atoms with van der Waals surface area (Å²) in [6, 6.07) is 0.447. The summed E-state index contributed by atoms with van der Waals surface area (Å²) in [5, 5.41) is 4.17. The van der Waals surface area contributed by atoms with Crippen LogP contribution in [0.5, 0.6) is 0 Å². The van der Waals surface area contributed by atoms with Crippen LogP contribution in [0.2, 0.25) is 0 Å². The van der Waals surface area contributed by atoms with Crippen LogP contribution >= 0.6 is 0 Å². The van der Waals surface area contributed by atoms with Gasteiger partial charge < -0.3 is 4.74 Å². The lowest BCUT2D eigenvalue weighted by Gasteiger charge is -2.25. The van der Waals surface area contributed by atoms with E-state index in [4.69, 9.17) is 0 Å². The number of aryl methyl sites for hydroxylation is 1. The van der Waals surface area contributed by atoms with Crippen LogP contribution in [0.4, 0.5) is 0 Å². The van der Waals surface area contributed by atoms with Crippen LogP contribution in [0.25, 0.3) is 0 Å². The maximum absolute atomic E-state index is 11.1. The molecule has 0 amide bonds. The van der Waals surface area contributed by atoms with E-state index in [1.165, 1.54) is 12.7 Å². The Labute approximate surface area is 109 Å². The molecular weight excluding hydrogens is 230 g/mol. The smallest absolute Gasteiger partial charge is 0.305 e. The number of hydrogen-bond acceptors (Lipinski definition) is 4. The van der Waals surface area contributed by atoms with Gasteiger partial charge in [0.05, 0.1) is 13.3 Å². The molecule has 18 heavy (non-hydrogen) atoms. The van der Waals surface area contributed by atoms with Crippen LogP contribution in [-0.4, -0.2) is 40.3 Å². The minimum Gasteiger partial charge on any atom is -0.469 e. The maximum Gasteiger partial charge on any atom is 0.305 e. The lowest BCUT2D eigenvalue weighted by Crippen LogP contribution is -2.31. The molecule has 1 aromatic rings. The summed E-state index contributed by atoms with van der Waals surface area (Å²) < 4.78 is 6.45. The molecule has 0 aliphatic heterocycles. The van der Waals surface area contributed by atoms with Crippen molar-refractivity contribution in [2.24, 2.45) is 7.05 Å². The van der Waals surface area contributed by atoms with Gasteiger partial charge in [0.25, 0.3) is 0 Å². The number of carbonyl (C=O) groups excluding carboxylic acids is 1. The van der Waals surface area contributed by atoms with E-state index in [1.807, 2.05) is 24.1 Å². The van der Waals surface area contributed by atoms with Crippen molar-refractivity contribution >= 4 is 5.97 Å². The number of aromatic nitrogens is 2. The maximum atomic E-state index is 11.1. The Bertz CT molecular complexity index is 374. The van der Waals surface area contributed by atoms with Crippen molar-refractivity contribution in [1.29, 1.82) is 0 Å². The molecule has 0 N–H and O–H groups in total. The first kappa shape index (κ1) is 14.7. The molecule has 0 spiro atoms. The molecule has 5 heteroatoms. The summed E-state index contributed by atoms with van der Waals surface area (Å²) in [4.78, 5) is 13.4. The van der Waals surface area contributed by atoms with E-state index in [9.17, 15) is 4.79 Å². The Morgan fingerprint density at radius 1 is 1.56 bits per heavy atom. The highest BCUT2D eigenvalue weighted by Gasteiger charge is 2.12. The molecule has 0 radical (unpaired) electrons. The topological polar surface area (TPSA) is 47.4 Å². The normalized spacial score (nSPS) is 11.2. The molecule has 0 aliphatic carbocycles. The Morgan fingerprint density at radius 2 is 2.28 bits per heavy atom. The van der Waals surface area contributed by atoms with Gasteiger partial charge >= 0.3 is 5.97 Å². The summed E-state index contributed by atoms with van der Waals surface area (Å²) in [5.74, 6) is -0.139. The third-order valence-electron chi connectivity index (χ3n) is 2.93. The fourth-order valence-electron chi connectivity index (χ4n) is 1.84.